The van der Waals surface area contributed by atoms with E-state index < -0.39 is 0 Å². The summed E-state index contributed by atoms with van der Waals surface area (Å²) in [5.41, 5.74) is 3.39. The van der Waals surface area contributed by atoms with Crippen molar-refractivity contribution < 1.29 is 9.90 Å². The van der Waals surface area contributed by atoms with E-state index in [1.54, 1.807) is 12.1 Å². The molecule has 0 aromatic heterocycles. The molecule has 1 fully saturated rings. The van der Waals surface area contributed by atoms with Crippen molar-refractivity contribution in [2.45, 2.75) is 64.7 Å². The summed E-state index contributed by atoms with van der Waals surface area (Å²) in [4.78, 5) is 12.4. The maximum Gasteiger partial charge on any atom is 0.255 e. The Balaban J connectivity index is 1.42. The number of carbonyl (C=O) groups excluding carboxylic acids is 1. The van der Waals surface area contributed by atoms with E-state index in [9.17, 15) is 9.90 Å². The SMILES string of the molecule is Cc1ccc(NCCCCCC2CCCCC2)cc1NC(=O)c1ccc(O)cc1. The Labute approximate surface area is 174 Å². The molecule has 0 bridgehead atoms. The molecular formula is C25H34N2O2. The molecule has 0 aliphatic heterocycles. The van der Waals surface area contributed by atoms with E-state index in [1.165, 1.54) is 69.9 Å². The molecule has 4 heteroatoms. The Bertz CT molecular complexity index is 780. The van der Waals surface area contributed by atoms with Gasteiger partial charge in [-0.15, -0.1) is 0 Å². The lowest BCUT2D eigenvalue weighted by atomic mass is 9.85. The summed E-state index contributed by atoms with van der Waals surface area (Å²) in [5.74, 6) is 0.962. The molecule has 0 atom stereocenters. The van der Waals surface area contributed by atoms with Crippen LogP contribution in [-0.4, -0.2) is 17.6 Å². The smallest absolute Gasteiger partial charge is 0.255 e. The number of nitrogens with one attached hydrogen (secondary N) is 2. The van der Waals surface area contributed by atoms with Gasteiger partial charge in [0, 0.05) is 23.5 Å². The summed E-state index contributed by atoms with van der Waals surface area (Å²) in [5, 5.41) is 15.8. The summed E-state index contributed by atoms with van der Waals surface area (Å²) < 4.78 is 0. The van der Waals surface area contributed by atoms with Gasteiger partial charge in [-0.3, -0.25) is 4.79 Å². The van der Waals surface area contributed by atoms with E-state index in [0.717, 1.165) is 29.4 Å². The molecule has 1 saturated carbocycles. The highest BCUT2D eigenvalue weighted by Gasteiger charge is 2.12. The largest absolute Gasteiger partial charge is 0.508 e. The molecule has 2 aromatic rings. The zero-order valence-corrected chi connectivity index (χ0v) is 17.5. The fraction of sp³-hybridized carbons (Fsp3) is 0.480. The van der Waals surface area contributed by atoms with Gasteiger partial charge in [0.25, 0.3) is 5.91 Å². The van der Waals surface area contributed by atoms with Crippen LogP contribution in [0.3, 0.4) is 0 Å². The van der Waals surface area contributed by atoms with Gasteiger partial charge in [0.2, 0.25) is 0 Å². The molecule has 0 heterocycles. The minimum Gasteiger partial charge on any atom is -0.508 e. The van der Waals surface area contributed by atoms with E-state index in [2.05, 4.69) is 16.7 Å². The first kappa shape index (κ1) is 21.2. The van der Waals surface area contributed by atoms with Crippen molar-refractivity contribution in [2.24, 2.45) is 5.92 Å². The molecule has 29 heavy (non-hydrogen) atoms. The zero-order chi connectivity index (χ0) is 20.5. The van der Waals surface area contributed by atoms with Gasteiger partial charge < -0.3 is 15.7 Å². The van der Waals surface area contributed by atoms with Crippen molar-refractivity contribution in [3.8, 4) is 5.75 Å². The number of phenolic OH excluding ortho intramolecular Hbond substituents is 1. The van der Waals surface area contributed by atoms with E-state index >= 15 is 0 Å². The molecule has 156 valence electrons. The lowest BCUT2D eigenvalue weighted by Crippen LogP contribution is -2.13. The minimum absolute atomic E-state index is 0.155. The lowest BCUT2D eigenvalue weighted by molar-refractivity contribution is 0.102. The third-order valence-electron chi connectivity index (χ3n) is 5.96. The molecule has 0 unspecified atom stereocenters. The summed E-state index contributed by atoms with van der Waals surface area (Å²) in [6.45, 7) is 2.94. The summed E-state index contributed by atoms with van der Waals surface area (Å²) in [6.07, 6.45) is 12.4. The van der Waals surface area contributed by atoms with Crippen LogP contribution >= 0.6 is 0 Å². The number of aromatic hydroxyl groups is 1. The van der Waals surface area contributed by atoms with Crippen LogP contribution in [0.2, 0.25) is 0 Å². The Morgan fingerprint density at radius 3 is 2.52 bits per heavy atom. The topological polar surface area (TPSA) is 61.4 Å². The van der Waals surface area contributed by atoms with Crippen molar-refractivity contribution in [1.29, 1.82) is 0 Å². The average molecular weight is 395 g/mol. The second kappa shape index (κ2) is 10.9. The van der Waals surface area contributed by atoms with Crippen molar-refractivity contribution >= 4 is 17.3 Å². The van der Waals surface area contributed by atoms with Crippen molar-refractivity contribution in [2.75, 3.05) is 17.2 Å². The summed E-state index contributed by atoms with van der Waals surface area (Å²) in [7, 11) is 0. The number of carbonyl (C=O) groups is 1. The van der Waals surface area contributed by atoms with Crippen LogP contribution < -0.4 is 10.6 Å². The number of benzene rings is 2. The average Bonchev–Trinajstić information content (AvgIpc) is 2.74. The minimum atomic E-state index is -0.173. The third kappa shape index (κ3) is 6.81. The standard InChI is InChI=1S/C25H34N2O2/c1-19-11-14-22(26-17-7-3-6-10-20-8-4-2-5-9-20)18-24(19)27-25(29)21-12-15-23(28)16-13-21/h11-16,18,20,26,28H,2-10,17H2,1H3,(H,27,29). The lowest BCUT2D eigenvalue weighted by Gasteiger charge is -2.21. The van der Waals surface area contributed by atoms with Gasteiger partial charge in [-0.1, -0.05) is 57.4 Å². The number of unbranched alkanes of at least 4 members (excludes halogenated alkanes) is 2. The summed E-state index contributed by atoms with van der Waals surface area (Å²) in [6, 6.07) is 12.4. The molecule has 3 rings (SSSR count). The Morgan fingerprint density at radius 2 is 1.76 bits per heavy atom. The first-order valence-corrected chi connectivity index (χ1v) is 11.1. The second-order valence-electron chi connectivity index (χ2n) is 8.31. The van der Waals surface area contributed by atoms with Gasteiger partial charge in [0.1, 0.15) is 5.75 Å². The molecule has 2 aromatic carbocycles. The first-order valence-electron chi connectivity index (χ1n) is 11.1. The van der Waals surface area contributed by atoms with Gasteiger partial charge in [-0.2, -0.15) is 0 Å². The Hall–Kier alpha value is -2.49. The van der Waals surface area contributed by atoms with Gasteiger partial charge in [-0.25, -0.2) is 0 Å². The second-order valence-corrected chi connectivity index (χ2v) is 8.31. The maximum atomic E-state index is 12.4. The molecule has 1 amide bonds. The third-order valence-corrected chi connectivity index (χ3v) is 5.96. The van der Waals surface area contributed by atoms with E-state index in [4.69, 9.17) is 0 Å². The van der Waals surface area contributed by atoms with E-state index in [-0.39, 0.29) is 11.7 Å². The van der Waals surface area contributed by atoms with Crippen molar-refractivity contribution in [3.05, 3.63) is 53.6 Å². The molecule has 0 saturated heterocycles. The molecule has 1 aliphatic carbocycles. The van der Waals surface area contributed by atoms with Gasteiger partial charge >= 0.3 is 0 Å². The predicted octanol–water partition coefficient (Wildman–Crippen LogP) is 6.51. The van der Waals surface area contributed by atoms with Crippen LogP contribution in [0.1, 0.15) is 73.7 Å². The monoisotopic (exact) mass is 394 g/mol. The Morgan fingerprint density at radius 1 is 1.00 bits per heavy atom. The highest BCUT2D eigenvalue weighted by molar-refractivity contribution is 6.04. The predicted molar refractivity (Wildman–Crippen MR) is 121 cm³/mol. The number of phenols is 1. The number of amides is 1. The zero-order valence-electron chi connectivity index (χ0n) is 17.5. The Kier molecular flexibility index (Phi) is 7.97. The first-order chi connectivity index (χ1) is 14.1. The molecule has 0 spiro atoms. The number of hydrogen-bond acceptors (Lipinski definition) is 3. The van der Waals surface area contributed by atoms with Crippen molar-refractivity contribution in [3.63, 3.8) is 0 Å². The van der Waals surface area contributed by atoms with Gasteiger partial charge in [-0.05, 0) is 61.2 Å². The number of aryl methyl sites for hydroxylation is 1. The normalized spacial score (nSPS) is 14.5. The number of anilines is 2. The van der Waals surface area contributed by atoms with Crippen LogP contribution in [-0.2, 0) is 0 Å². The maximum absolute atomic E-state index is 12.4. The number of hydrogen-bond donors (Lipinski definition) is 3. The molecule has 1 aliphatic rings. The van der Waals surface area contributed by atoms with E-state index in [0.29, 0.717) is 5.56 Å². The molecule has 4 nitrogen and oxygen atoms in total. The molecule has 3 N–H and O–H groups in total. The van der Waals surface area contributed by atoms with Crippen molar-refractivity contribution in [1.82, 2.24) is 0 Å². The molecule has 0 radical (unpaired) electrons. The fourth-order valence-corrected chi connectivity index (χ4v) is 4.12. The van der Waals surface area contributed by atoms with E-state index in [1.807, 2.05) is 19.1 Å². The quantitative estimate of drug-likeness (QED) is 0.425. The highest BCUT2D eigenvalue weighted by Crippen LogP contribution is 2.28. The van der Waals surface area contributed by atoms with Crippen LogP contribution in [0.15, 0.2) is 42.5 Å². The number of rotatable bonds is 9. The van der Waals surface area contributed by atoms with Gasteiger partial charge in [0.15, 0.2) is 0 Å². The summed E-state index contributed by atoms with van der Waals surface area (Å²) >= 11 is 0. The van der Waals surface area contributed by atoms with Crippen LogP contribution in [0.25, 0.3) is 0 Å². The van der Waals surface area contributed by atoms with Crippen LogP contribution in [0.4, 0.5) is 11.4 Å². The highest BCUT2D eigenvalue weighted by atomic mass is 16.3. The van der Waals surface area contributed by atoms with Crippen LogP contribution in [0.5, 0.6) is 5.75 Å². The fourth-order valence-electron chi connectivity index (χ4n) is 4.12. The van der Waals surface area contributed by atoms with Crippen LogP contribution in [0, 0.1) is 12.8 Å². The molecular weight excluding hydrogens is 360 g/mol. The van der Waals surface area contributed by atoms with Gasteiger partial charge in [0.05, 0.1) is 0 Å².